The molecule has 2 nitrogen and oxygen atoms in total. The molecule has 0 aliphatic carbocycles. The number of para-hydroxylation sites is 1. The summed E-state index contributed by atoms with van der Waals surface area (Å²) in [5, 5.41) is 4.21. The van der Waals surface area contributed by atoms with Gasteiger partial charge in [-0.05, 0) is 24.6 Å². The van der Waals surface area contributed by atoms with Crippen LogP contribution in [0.1, 0.15) is 12.5 Å². The van der Waals surface area contributed by atoms with Crippen molar-refractivity contribution in [3.63, 3.8) is 0 Å². The second-order valence-electron chi connectivity index (χ2n) is 3.01. The minimum Gasteiger partial charge on any atom is -0.240 e. The van der Waals surface area contributed by atoms with Crippen LogP contribution in [0.3, 0.4) is 0 Å². The Hall–Kier alpha value is -1.83. The van der Waals surface area contributed by atoms with Crippen LogP contribution in [0.15, 0.2) is 48.8 Å². The molecule has 0 saturated carbocycles. The molecule has 0 saturated heterocycles. The first-order valence-electron chi connectivity index (χ1n) is 4.63. The van der Waals surface area contributed by atoms with Crippen LogP contribution in [0.4, 0.5) is 0 Å². The number of allylic oxidation sites excluding steroid dienone is 1. The highest BCUT2D eigenvalue weighted by molar-refractivity contribution is 5.59. The van der Waals surface area contributed by atoms with Crippen molar-refractivity contribution in [1.29, 1.82) is 0 Å². The van der Waals surface area contributed by atoms with Crippen molar-refractivity contribution in [2.75, 3.05) is 0 Å². The third kappa shape index (κ3) is 1.59. The van der Waals surface area contributed by atoms with Gasteiger partial charge in [-0.15, -0.1) is 0 Å². The van der Waals surface area contributed by atoms with E-state index in [0.717, 1.165) is 5.69 Å². The fraction of sp³-hybridized carbons (Fsp3) is 0.0833. The SMILES string of the molecule is C/C=C\c1ccccc1-n1cccn1. The zero-order valence-corrected chi connectivity index (χ0v) is 8.09. The van der Waals surface area contributed by atoms with Crippen LogP contribution in [-0.4, -0.2) is 9.78 Å². The minimum absolute atomic E-state index is 1.11. The molecule has 14 heavy (non-hydrogen) atoms. The van der Waals surface area contributed by atoms with E-state index in [0.29, 0.717) is 0 Å². The zero-order valence-electron chi connectivity index (χ0n) is 8.09. The van der Waals surface area contributed by atoms with Crippen molar-refractivity contribution in [3.8, 4) is 5.69 Å². The van der Waals surface area contributed by atoms with E-state index in [-0.39, 0.29) is 0 Å². The summed E-state index contributed by atoms with van der Waals surface area (Å²) in [4.78, 5) is 0. The maximum atomic E-state index is 4.21. The molecule has 1 heterocycles. The van der Waals surface area contributed by atoms with Crippen LogP contribution in [0.5, 0.6) is 0 Å². The summed E-state index contributed by atoms with van der Waals surface area (Å²) in [7, 11) is 0. The van der Waals surface area contributed by atoms with Crippen LogP contribution in [-0.2, 0) is 0 Å². The molecule has 0 radical (unpaired) electrons. The van der Waals surface area contributed by atoms with Gasteiger partial charge in [0.05, 0.1) is 5.69 Å². The molecule has 0 aliphatic heterocycles. The van der Waals surface area contributed by atoms with Gasteiger partial charge in [0.15, 0.2) is 0 Å². The molecule has 0 aliphatic rings. The first-order chi connectivity index (χ1) is 6.92. The van der Waals surface area contributed by atoms with E-state index >= 15 is 0 Å². The fourth-order valence-electron chi connectivity index (χ4n) is 1.43. The molecule has 2 rings (SSSR count). The summed E-state index contributed by atoms with van der Waals surface area (Å²) in [6.45, 7) is 2.01. The summed E-state index contributed by atoms with van der Waals surface area (Å²) in [5.41, 5.74) is 2.29. The maximum Gasteiger partial charge on any atom is 0.0717 e. The molecule has 0 unspecified atom stereocenters. The van der Waals surface area contributed by atoms with Gasteiger partial charge in [-0.1, -0.05) is 30.4 Å². The van der Waals surface area contributed by atoms with Gasteiger partial charge in [0.1, 0.15) is 0 Å². The van der Waals surface area contributed by atoms with Crippen molar-refractivity contribution in [2.45, 2.75) is 6.92 Å². The Labute approximate surface area is 83.5 Å². The lowest BCUT2D eigenvalue weighted by molar-refractivity contribution is 0.878. The predicted molar refractivity (Wildman–Crippen MR) is 58.3 cm³/mol. The van der Waals surface area contributed by atoms with Crippen LogP contribution in [0.2, 0.25) is 0 Å². The van der Waals surface area contributed by atoms with Crippen LogP contribution >= 0.6 is 0 Å². The number of rotatable bonds is 2. The van der Waals surface area contributed by atoms with E-state index in [1.807, 2.05) is 42.1 Å². The highest BCUT2D eigenvalue weighted by Gasteiger charge is 1.99. The molecular weight excluding hydrogens is 172 g/mol. The van der Waals surface area contributed by atoms with Gasteiger partial charge in [0.25, 0.3) is 0 Å². The first kappa shape index (κ1) is 8.75. The Morgan fingerprint density at radius 3 is 2.79 bits per heavy atom. The van der Waals surface area contributed by atoms with Crippen LogP contribution in [0, 0.1) is 0 Å². The third-order valence-electron chi connectivity index (χ3n) is 2.03. The number of aromatic nitrogens is 2. The van der Waals surface area contributed by atoms with E-state index < -0.39 is 0 Å². The van der Waals surface area contributed by atoms with Crippen LogP contribution < -0.4 is 0 Å². The molecule has 1 aromatic heterocycles. The molecule has 70 valence electrons. The second-order valence-corrected chi connectivity index (χ2v) is 3.01. The molecule has 0 atom stereocenters. The summed E-state index contributed by atoms with van der Waals surface area (Å²) in [6, 6.07) is 10.1. The highest BCUT2D eigenvalue weighted by Crippen LogP contribution is 2.14. The smallest absolute Gasteiger partial charge is 0.0717 e. The average Bonchev–Trinajstić information content (AvgIpc) is 2.72. The zero-order chi connectivity index (χ0) is 9.80. The van der Waals surface area contributed by atoms with Gasteiger partial charge >= 0.3 is 0 Å². The topological polar surface area (TPSA) is 17.8 Å². The fourth-order valence-corrected chi connectivity index (χ4v) is 1.43. The largest absolute Gasteiger partial charge is 0.240 e. The lowest BCUT2D eigenvalue weighted by atomic mass is 10.1. The molecule has 0 fully saturated rings. The number of nitrogens with zero attached hydrogens (tertiary/aromatic N) is 2. The van der Waals surface area contributed by atoms with Gasteiger partial charge in [-0.3, -0.25) is 0 Å². The Bertz CT molecular complexity index is 427. The summed E-state index contributed by atoms with van der Waals surface area (Å²) < 4.78 is 1.87. The lowest BCUT2D eigenvalue weighted by Crippen LogP contribution is -1.96. The van der Waals surface area contributed by atoms with Crippen molar-refractivity contribution < 1.29 is 0 Å². The maximum absolute atomic E-state index is 4.21. The van der Waals surface area contributed by atoms with E-state index in [4.69, 9.17) is 0 Å². The molecular formula is C12H12N2. The van der Waals surface area contributed by atoms with Gasteiger partial charge < -0.3 is 0 Å². The normalized spacial score (nSPS) is 10.9. The second kappa shape index (κ2) is 3.92. The van der Waals surface area contributed by atoms with Gasteiger partial charge in [0, 0.05) is 12.4 Å². The van der Waals surface area contributed by atoms with E-state index in [9.17, 15) is 0 Å². The van der Waals surface area contributed by atoms with Crippen LogP contribution in [0.25, 0.3) is 11.8 Å². The van der Waals surface area contributed by atoms with E-state index in [1.54, 1.807) is 6.20 Å². The average molecular weight is 184 g/mol. The van der Waals surface area contributed by atoms with E-state index in [2.05, 4.69) is 23.3 Å². The Kier molecular flexibility index (Phi) is 2.45. The highest BCUT2D eigenvalue weighted by atomic mass is 15.3. The minimum atomic E-state index is 1.11. The molecule has 0 N–H and O–H groups in total. The third-order valence-corrected chi connectivity index (χ3v) is 2.03. The summed E-state index contributed by atoms with van der Waals surface area (Å²) >= 11 is 0. The molecule has 2 aromatic rings. The Balaban J connectivity index is 2.52. The number of benzene rings is 1. The Morgan fingerprint density at radius 2 is 2.07 bits per heavy atom. The lowest BCUT2D eigenvalue weighted by Gasteiger charge is -2.04. The monoisotopic (exact) mass is 184 g/mol. The van der Waals surface area contributed by atoms with Crippen molar-refractivity contribution in [1.82, 2.24) is 9.78 Å². The van der Waals surface area contributed by atoms with Gasteiger partial charge in [-0.25, -0.2) is 4.68 Å². The molecule has 0 bridgehead atoms. The summed E-state index contributed by atoms with van der Waals surface area (Å²) in [6.07, 6.45) is 7.84. The molecule has 2 heteroatoms. The van der Waals surface area contributed by atoms with Gasteiger partial charge in [-0.2, -0.15) is 5.10 Å². The summed E-state index contributed by atoms with van der Waals surface area (Å²) in [5.74, 6) is 0. The van der Waals surface area contributed by atoms with Crippen molar-refractivity contribution >= 4 is 6.08 Å². The standard InChI is InChI=1S/C12H12N2/c1-2-6-11-7-3-4-8-12(11)14-10-5-9-13-14/h2-10H,1H3/b6-2-. The quantitative estimate of drug-likeness (QED) is 0.701. The van der Waals surface area contributed by atoms with Crippen molar-refractivity contribution in [2.24, 2.45) is 0 Å². The molecule has 0 spiro atoms. The molecule has 0 amide bonds. The number of hydrogen-bond acceptors (Lipinski definition) is 1. The predicted octanol–water partition coefficient (Wildman–Crippen LogP) is 2.91. The van der Waals surface area contributed by atoms with Crippen molar-refractivity contribution in [3.05, 3.63) is 54.4 Å². The Morgan fingerprint density at radius 1 is 1.21 bits per heavy atom. The van der Waals surface area contributed by atoms with E-state index in [1.165, 1.54) is 5.56 Å². The van der Waals surface area contributed by atoms with Gasteiger partial charge in [0.2, 0.25) is 0 Å². The molecule has 1 aromatic carbocycles. The first-order valence-corrected chi connectivity index (χ1v) is 4.63. The number of hydrogen-bond donors (Lipinski definition) is 0.